The van der Waals surface area contributed by atoms with Crippen molar-refractivity contribution in [2.24, 2.45) is 11.8 Å². The Labute approximate surface area is 143 Å². The molecule has 1 fully saturated rings. The number of nitrogens with zero attached hydrogens (tertiary/aromatic N) is 2. The SMILES string of the molecule is CC[C@@H]1CN(C(=O)c2cccnc2)CC[C@H]1CC(=O)NCCOC. The molecule has 6 heteroatoms. The quantitative estimate of drug-likeness (QED) is 0.771. The maximum absolute atomic E-state index is 12.6. The molecule has 2 amide bonds. The van der Waals surface area contributed by atoms with Crippen molar-refractivity contribution in [2.75, 3.05) is 33.4 Å². The van der Waals surface area contributed by atoms with E-state index in [9.17, 15) is 9.59 Å². The summed E-state index contributed by atoms with van der Waals surface area (Å²) >= 11 is 0. The zero-order valence-electron chi connectivity index (χ0n) is 14.5. The highest BCUT2D eigenvalue weighted by Crippen LogP contribution is 2.29. The number of ether oxygens (including phenoxy) is 1. The normalized spacial score (nSPS) is 20.7. The van der Waals surface area contributed by atoms with Crippen molar-refractivity contribution in [1.82, 2.24) is 15.2 Å². The summed E-state index contributed by atoms with van der Waals surface area (Å²) in [5.74, 6) is 0.787. The Morgan fingerprint density at radius 1 is 1.42 bits per heavy atom. The van der Waals surface area contributed by atoms with Gasteiger partial charge in [0.25, 0.3) is 5.91 Å². The molecule has 2 rings (SSSR count). The third kappa shape index (κ3) is 5.03. The van der Waals surface area contributed by atoms with Gasteiger partial charge in [-0.2, -0.15) is 0 Å². The van der Waals surface area contributed by atoms with Gasteiger partial charge < -0.3 is 15.0 Å². The Morgan fingerprint density at radius 3 is 2.92 bits per heavy atom. The third-order valence-electron chi connectivity index (χ3n) is 4.69. The van der Waals surface area contributed by atoms with Gasteiger partial charge in [-0.05, 0) is 30.4 Å². The lowest BCUT2D eigenvalue weighted by Crippen LogP contribution is -2.45. The molecule has 2 atom stereocenters. The molecule has 1 saturated heterocycles. The van der Waals surface area contributed by atoms with Crippen LogP contribution in [0.1, 0.15) is 36.5 Å². The summed E-state index contributed by atoms with van der Waals surface area (Å²) in [5.41, 5.74) is 0.628. The van der Waals surface area contributed by atoms with E-state index in [-0.39, 0.29) is 11.8 Å². The molecule has 0 spiro atoms. The molecule has 0 aliphatic carbocycles. The number of carbonyl (C=O) groups excluding carboxylic acids is 2. The number of hydrogen-bond donors (Lipinski definition) is 1. The average Bonchev–Trinajstić information content (AvgIpc) is 2.62. The van der Waals surface area contributed by atoms with Crippen LogP contribution in [-0.4, -0.2) is 55.0 Å². The fourth-order valence-electron chi connectivity index (χ4n) is 3.27. The van der Waals surface area contributed by atoms with Gasteiger partial charge in [-0.3, -0.25) is 14.6 Å². The summed E-state index contributed by atoms with van der Waals surface area (Å²) in [6, 6.07) is 3.58. The molecule has 0 unspecified atom stereocenters. The first-order chi connectivity index (χ1) is 11.7. The zero-order valence-corrected chi connectivity index (χ0v) is 14.5. The van der Waals surface area contributed by atoms with Crippen molar-refractivity contribution >= 4 is 11.8 Å². The summed E-state index contributed by atoms with van der Waals surface area (Å²) in [6.45, 7) is 4.60. The molecule has 6 nitrogen and oxygen atoms in total. The van der Waals surface area contributed by atoms with Crippen molar-refractivity contribution in [3.05, 3.63) is 30.1 Å². The Kier molecular flexibility index (Phi) is 7.18. The first-order valence-corrected chi connectivity index (χ1v) is 8.60. The molecule has 0 radical (unpaired) electrons. The number of rotatable bonds is 7. The van der Waals surface area contributed by atoms with E-state index >= 15 is 0 Å². The van der Waals surface area contributed by atoms with E-state index in [4.69, 9.17) is 4.74 Å². The summed E-state index contributed by atoms with van der Waals surface area (Å²) < 4.78 is 4.94. The van der Waals surface area contributed by atoms with Gasteiger partial charge in [0, 0.05) is 45.6 Å². The number of aromatic nitrogens is 1. The molecule has 0 aromatic carbocycles. The van der Waals surface area contributed by atoms with E-state index in [2.05, 4.69) is 17.2 Å². The standard InChI is InChI=1S/C18H27N3O3/c1-3-14-13-21(18(23)16-5-4-7-19-12-16)9-6-15(14)11-17(22)20-8-10-24-2/h4-5,7,12,14-15H,3,6,8-11,13H2,1-2H3,(H,20,22)/t14-,15+/m1/s1. The van der Waals surface area contributed by atoms with Gasteiger partial charge >= 0.3 is 0 Å². The molecular weight excluding hydrogens is 306 g/mol. The summed E-state index contributed by atoms with van der Waals surface area (Å²) in [4.78, 5) is 30.5. The Hall–Kier alpha value is -1.95. The van der Waals surface area contributed by atoms with Crippen LogP contribution in [0.5, 0.6) is 0 Å². The van der Waals surface area contributed by atoms with Crippen LogP contribution in [0.4, 0.5) is 0 Å². The van der Waals surface area contributed by atoms with Crippen LogP contribution in [-0.2, 0) is 9.53 Å². The van der Waals surface area contributed by atoms with Crippen molar-refractivity contribution in [1.29, 1.82) is 0 Å². The van der Waals surface area contributed by atoms with E-state index in [1.165, 1.54) is 0 Å². The number of amides is 2. The first-order valence-electron chi connectivity index (χ1n) is 8.60. The molecule has 0 saturated carbocycles. The molecule has 24 heavy (non-hydrogen) atoms. The Bertz CT molecular complexity index is 536. The van der Waals surface area contributed by atoms with Crippen LogP contribution in [0.3, 0.4) is 0 Å². The molecule has 1 aromatic rings. The van der Waals surface area contributed by atoms with Crippen molar-refractivity contribution in [3.8, 4) is 0 Å². The molecular formula is C18H27N3O3. The van der Waals surface area contributed by atoms with Gasteiger partial charge in [-0.15, -0.1) is 0 Å². The number of pyridine rings is 1. The van der Waals surface area contributed by atoms with Gasteiger partial charge in [0.2, 0.25) is 5.91 Å². The highest BCUT2D eigenvalue weighted by atomic mass is 16.5. The molecule has 1 N–H and O–H groups in total. The van der Waals surface area contributed by atoms with E-state index in [1.807, 2.05) is 4.90 Å². The second-order valence-electron chi connectivity index (χ2n) is 6.26. The Balaban J connectivity index is 1.89. The maximum atomic E-state index is 12.6. The number of piperidine rings is 1. The minimum absolute atomic E-state index is 0.0320. The number of nitrogens with one attached hydrogen (secondary N) is 1. The minimum Gasteiger partial charge on any atom is -0.383 e. The highest BCUT2D eigenvalue weighted by Gasteiger charge is 2.32. The first kappa shape index (κ1) is 18.4. The van der Waals surface area contributed by atoms with Gasteiger partial charge in [0.15, 0.2) is 0 Å². The third-order valence-corrected chi connectivity index (χ3v) is 4.69. The van der Waals surface area contributed by atoms with Crippen molar-refractivity contribution in [2.45, 2.75) is 26.2 Å². The van der Waals surface area contributed by atoms with E-state index in [0.717, 1.165) is 12.8 Å². The Morgan fingerprint density at radius 2 is 2.25 bits per heavy atom. The molecule has 1 aromatic heterocycles. The molecule has 0 bridgehead atoms. The van der Waals surface area contributed by atoms with Crippen LogP contribution in [0.15, 0.2) is 24.5 Å². The topological polar surface area (TPSA) is 71.5 Å². The minimum atomic E-state index is 0.0320. The number of hydrogen-bond acceptors (Lipinski definition) is 4. The highest BCUT2D eigenvalue weighted by molar-refractivity contribution is 5.93. The average molecular weight is 333 g/mol. The van der Waals surface area contributed by atoms with Crippen LogP contribution >= 0.6 is 0 Å². The predicted molar refractivity (Wildman–Crippen MR) is 91.5 cm³/mol. The van der Waals surface area contributed by atoms with E-state index in [0.29, 0.717) is 50.1 Å². The molecule has 132 valence electrons. The number of likely N-dealkylation sites (tertiary alicyclic amines) is 1. The van der Waals surface area contributed by atoms with Gasteiger partial charge in [0.1, 0.15) is 0 Å². The summed E-state index contributed by atoms with van der Waals surface area (Å²) in [6.07, 6.45) is 5.63. The number of carbonyl (C=O) groups is 2. The van der Waals surface area contributed by atoms with Crippen LogP contribution in [0.2, 0.25) is 0 Å². The van der Waals surface area contributed by atoms with E-state index in [1.54, 1.807) is 31.6 Å². The lowest BCUT2D eigenvalue weighted by Gasteiger charge is -2.38. The van der Waals surface area contributed by atoms with Crippen LogP contribution in [0.25, 0.3) is 0 Å². The van der Waals surface area contributed by atoms with Crippen LogP contribution in [0, 0.1) is 11.8 Å². The monoisotopic (exact) mass is 333 g/mol. The van der Waals surface area contributed by atoms with Gasteiger partial charge in [-0.1, -0.05) is 13.3 Å². The largest absolute Gasteiger partial charge is 0.383 e. The molecule has 2 heterocycles. The fourth-order valence-corrected chi connectivity index (χ4v) is 3.27. The zero-order chi connectivity index (χ0) is 17.4. The molecule has 1 aliphatic heterocycles. The maximum Gasteiger partial charge on any atom is 0.255 e. The fraction of sp³-hybridized carbons (Fsp3) is 0.611. The predicted octanol–water partition coefficient (Wildman–Crippen LogP) is 1.72. The van der Waals surface area contributed by atoms with Crippen LogP contribution < -0.4 is 5.32 Å². The number of methoxy groups -OCH3 is 1. The lowest BCUT2D eigenvalue weighted by molar-refractivity contribution is -0.123. The van der Waals surface area contributed by atoms with Crippen molar-refractivity contribution in [3.63, 3.8) is 0 Å². The summed E-state index contributed by atoms with van der Waals surface area (Å²) in [5, 5.41) is 2.88. The lowest BCUT2D eigenvalue weighted by atomic mass is 9.81. The smallest absolute Gasteiger partial charge is 0.255 e. The summed E-state index contributed by atoms with van der Waals surface area (Å²) in [7, 11) is 1.62. The second kappa shape index (κ2) is 9.37. The van der Waals surface area contributed by atoms with E-state index < -0.39 is 0 Å². The van der Waals surface area contributed by atoms with Gasteiger partial charge in [0.05, 0.1) is 12.2 Å². The molecule has 1 aliphatic rings. The second-order valence-corrected chi connectivity index (χ2v) is 6.26. The van der Waals surface area contributed by atoms with Gasteiger partial charge in [-0.25, -0.2) is 0 Å². The van der Waals surface area contributed by atoms with Crippen molar-refractivity contribution < 1.29 is 14.3 Å².